The topological polar surface area (TPSA) is 88.7 Å². The number of anilines is 2. The smallest absolute Gasteiger partial charge is 0.323 e. The summed E-state index contributed by atoms with van der Waals surface area (Å²) in [5, 5.41) is 8.31. The maximum absolute atomic E-state index is 12.5. The number of rotatable bonds is 6. The van der Waals surface area contributed by atoms with Gasteiger partial charge in [0.05, 0.1) is 30.2 Å². The number of carbonyl (C=O) groups is 2. The normalized spacial score (nSPS) is 15.8. The van der Waals surface area contributed by atoms with E-state index in [1.165, 1.54) is 7.11 Å². The molecule has 0 radical (unpaired) electrons. The van der Waals surface area contributed by atoms with Gasteiger partial charge in [0, 0.05) is 13.2 Å². The molecule has 0 spiro atoms. The van der Waals surface area contributed by atoms with E-state index in [1.807, 2.05) is 6.07 Å². The molecule has 1 unspecified atom stereocenters. The first-order valence-corrected chi connectivity index (χ1v) is 8.87. The standard InChI is InChI=1S/C20H23N3O4/c1-26-18-11-5-4-10-17(18)23-20(25)22-16-9-3-2-8-15(16)19(24)21-13-14-7-6-12-27-14/h2-5,8-11,14H,6-7,12-13H2,1H3,(H,21,24)(H2,22,23,25). The minimum absolute atomic E-state index is 0.0583. The Bertz CT molecular complexity index is 803. The van der Waals surface area contributed by atoms with Gasteiger partial charge in [-0.3, -0.25) is 4.79 Å². The Balaban J connectivity index is 1.64. The molecular weight excluding hydrogens is 346 g/mol. The maximum atomic E-state index is 12.5. The minimum Gasteiger partial charge on any atom is -0.495 e. The fourth-order valence-corrected chi connectivity index (χ4v) is 2.92. The second-order valence-electron chi connectivity index (χ2n) is 6.17. The molecule has 1 atom stereocenters. The lowest BCUT2D eigenvalue weighted by Crippen LogP contribution is -2.32. The molecular formula is C20H23N3O4. The van der Waals surface area contributed by atoms with Gasteiger partial charge < -0.3 is 25.4 Å². The molecule has 1 saturated heterocycles. The molecule has 1 aliphatic heterocycles. The van der Waals surface area contributed by atoms with Crippen LogP contribution < -0.4 is 20.7 Å². The molecule has 3 rings (SSSR count). The third-order valence-corrected chi connectivity index (χ3v) is 4.29. The predicted molar refractivity (Wildman–Crippen MR) is 103 cm³/mol. The van der Waals surface area contributed by atoms with Crippen molar-refractivity contribution in [1.29, 1.82) is 0 Å². The van der Waals surface area contributed by atoms with Crippen LogP contribution in [0, 0.1) is 0 Å². The number of para-hydroxylation sites is 3. The van der Waals surface area contributed by atoms with Gasteiger partial charge in [-0.2, -0.15) is 0 Å². The van der Waals surface area contributed by atoms with Crippen LogP contribution >= 0.6 is 0 Å². The van der Waals surface area contributed by atoms with Crippen molar-refractivity contribution < 1.29 is 19.1 Å². The largest absolute Gasteiger partial charge is 0.495 e. The molecule has 1 heterocycles. The molecule has 3 amide bonds. The first kappa shape index (κ1) is 18.7. The zero-order chi connectivity index (χ0) is 19.1. The van der Waals surface area contributed by atoms with E-state index in [2.05, 4.69) is 16.0 Å². The highest BCUT2D eigenvalue weighted by atomic mass is 16.5. The van der Waals surface area contributed by atoms with Crippen LogP contribution in [0.25, 0.3) is 0 Å². The van der Waals surface area contributed by atoms with Crippen molar-refractivity contribution in [3.63, 3.8) is 0 Å². The summed E-state index contributed by atoms with van der Waals surface area (Å²) in [6, 6.07) is 13.5. The molecule has 3 N–H and O–H groups in total. The Morgan fingerprint density at radius 2 is 1.78 bits per heavy atom. The van der Waals surface area contributed by atoms with Crippen molar-refractivity contribution in [2.24, 2.45) is 0 Å². The second-order valence-corrected chi connectivity index (χ2v) is 6.17. The maximum Gasteiger partial charge on any atom is 0.323 e. The lowest BCUT2D eigenvalue weighted by Gasteiger charge is -2.15. The first-order chi connectivity index (χ1) is 13.2. The Morgan fingerprint density at radius 3 is 2.52 bits per heavy atom. The van der Waals surface area contributed by atoms with Crippen LogP contribution in [-0.2, 0) is 4.74 Å². The molecule has 1 fully saturated rings. The number of hydrogen-bond acceptors (Lipinski definition) is 4. The molecule has 7 heteroatoms. The number of nitrogens with one attached hydrogen (secondary N) is 3. The van der Waals surface area contributed by atoms with Crippen LogP contribution in [0.3, 0.4) is 0 Å². The van der Waals surface area contributed by atoms with E-state index in [1.54, 1.807) is 42.5 Å². The number of methoxy groups -OCH3 is 1. The highest BCUT2D eigenvalue weighted by Gasteiger charge is 2.18. The SMILES string of the molecule is COc1ccccc1NC(=O)Nc1ccccc1C(=O)NCC1CCCO1. The van der Waals surface area contributed by atoms with Crippen LogP contribution in [0.5, 0.6) is 5.75 Å². The van der Waals surface area contributed by atoms with Crippen LogP contribution in [0.2, 0.25) is 0 Å². The Kier molecular flexibility index (Phi) is 6.27. The lowest BCUT2D eigenvalue weighted by atomic mass is 10.1. The van der Waals surface area contributed by atoms with Gasteiger partial charge in [0.15, 0.2) is 0 Å². The van der Waals surface area contributed by atoms with E-state index in [4.69, 9.17) is 9.47 Å². The number of carbonyl (C=O) groups excluding carboxylic acids is 2. The van der Waals surface area contributed by atoms with Gasteiger partial charge in [0.2, 0.25) is 0 Å². The summed E-state index contributed by atoms with van der Waals surface area (Å²) in [4.78, 5) is 24.9. The summed E-state index contributed by atoms with van der Waals surface area (Å²) in [6.07, 6.45) is 2.02. The first-order valence-electron chi connectivity index (χ1n) is 8.87. The van der Waals surface area contributed by atoms with Gasteiger partial charge >= 0.3 is 6.03 Å². The molecule has 0 aromatic heterocycles. The molecule has 2 aromatic rings. The molecule has 0 bridgehead atoms. The average molecular weight is 369 g/mol. The van der Waals surface area contributed by atoms with Crippen LogP contribution in [0.15, 0.2) is 48.5 Å². The Hall–Kier alpha value is -3.06. The highest BCUT2D eigenvalue weighted by Crippen LogP contribution is 2.23. The number of ether oxygens (including phenoxy) is 2. The highest BCUT2D eigenvalue weighted by molar-refractivity contribution is 6.06. The van der Waals surface area contributed by atoms with E-state index in [0.717, 1.165) is 19.4 Å². The van der Waals surface area contributed by atoms with Crippen LogP contribution in [0.1, 0.15) is 23.2 Å². The molecule has 0 aliphatic carbocycles. The van der Waals surface area contributed by atoms with Gasteiger partial charge in [-0.25, -0.2) is 4.79 Å². The Labute approximate surface area is 158 Å². The van der Waals surface area contributed by atoms with Crippen molar-refractivity contribution in [3.05, 3.63) is 54.1 Å². The van der Waals surface area contributed by atoms with E-state index in [-0.39, 0.29) is 12.0 Å². The summed E-state index contributed by atoms with van der Waals surface area (Å²) in [5.41, 5.74) is 1.36. The van der Waals surface area contributed by atoms with Gasteiger partial charge in [-0.05, 0) is 37.1 Å². The number of urea groups is 1. The molecule has 2 aromatic carbocycles. The van der Waals surface area contributed by atoms with E-state index in [0.29, 0.717) is 29.2 Å². The van der Waals surface area contributed by atoms with Gasteiger partial charge in [-0.1, -0.05) is 24.3 Å². The van der Waals surface area contributed by atoms with E-state index >= 15 is 0 Å². The van der Waals surface area contributed by atoms with Crippen molar-refractivity contribution in [3.8, 4) is 5.75 Å². The van der Waals surface area contributed by atoms with E-state index in [9.17, 15) is 9.59 Å². The molecule has 7 nitrogen and oxygen atoms in total. The monoisotopic (exact) mass is 369 g/mol. The summed E-state index contributed by atoms with van der Waals surface area (Å²) in [5.74, 6) is 0.300. The molecule has 0 saturated carbocycles. The Morgan fingerprint density at radius 1 is 1.07 bits per heavy atom. The second kappa shape index (κ2) is 9.05. The third kappa shape index (κ3) is 4.98. The summed E-state index contributed by atoms with van der Waals surface area (Å²) in [6.45, 7) is 1.20. The summed E-state index contributed by atoms with van der Waals surface area (Å²) in [7, 11) is 1.53. The van der Waals surface area contributed by atoms with Crippen molar-refractivity contribution in [2.45, 2.75) is 18.9 Å². The van der Waals surface area contributed by atoms with Gasteiger partial charge in [0.25, 0.3) is 5.91 Å². The molecule has 1 aliphatic rings. The number of benzene rings is 2. The quantitative estimate of drug-likeness (QED) is 0.729. The zero-order valence-electron chi connectivity index (χ0n) is 15.2. The lowest BCUT2D eigenvalue weighted by molar-refractivity contribution is 0.0858. The zero-order valence-corrected chi connectivity index (χ0v) is 15.2. The fraction of sp³-hybridized carbons (Fsp3) is 0.300. The van der Waals surface area contributed by atoms with Gasteiger partial charge in [-0.15, -0.1) is 0 Å². The summed E-state index contributed by atoms with van der Waals surface area (Å²) >= 11 is 0. The van der Waals surface area contributed by atoms with Crippen LogP contribution in [0.4, 0.5) is 16.2 Å². The number of amides is 3. The van der Waals surface area contributed by atoms with Crippen LogP contribution in [-0.4, -0.2) is 38.3 Å². The molecule has 142 valence electrons. The van der Waals surface area contributed by atoms with Crippen molar-refractivity contribution in [2.75, 3.05) is 30.9 Å². The number of hydrogen-bond donors (Lipinski definition) is 3. The van der Waals surface area contributed by atoms with Crippen molar-refractivity contribution in [1.82, 2.24) is 5.32 Å². The third-order valence-electron chi connectivity index (χ3n) is 4.29. The summed E-state index contributed by atoms with van der Waals surface area (Å²) < 4.78 is 10.7. The average Bonchev–Trinajstić information content (AvgIpc) is 3.20. The minimum atomic E-state index is -0.459. The van der Waals surface area contributed by atoms with E-state index < -0.39 is 6.03 Å². The van der Waals surface area contributed by atoms with Crippen molar-refractivity contribution >= 4 is 23.3 Å². The van der Waals surface area contributed by atoms with Gasteiger partial charge in [0.1, 0.15) is 5.75 Å². The molecule has 27 heavy (non-hydrogen) atoms. The fourth-order valence-electron chi connectivity index (χ4n) is 2.92. The predicted octanol–water partition coefficient (Wildman–Crippen LogP) is 3.25.